The topological polar surface area (TPSA) is 70.5 Å². The fourth-order valence-corrected chi connectivity index (χ4v) is 3.66. The molecule has 2 fully saturated rings. The van der Waals surface area contributed by atoms with Crippen LogP contribution in [0.5, 0.6) is 0 Å². The van der Waals surface area contributed by atoms with Crippen molar-refractivity contribution < 1.29 is 27.9 Å². The Labute approximate surface area is 130 Å². The van der Waals surface area contributed by atoms with E-state index in [0.29, 0.717) is 13.0 Å². The average molecular weight is 328 g/mol. The minimum absolute atomic E-state index is 0.0403. The maximum Gasteiger partial charge on any atom is 0.433 e. The molecule has 0 bridgehead atoms. The maximum atomic E-state index is 12.5. The van der Waals surface area contributed by atoms with Crippen molar-refractivity contribution in [2.45, 2.75) is 25.4 Å². The minimum atomic E-state index is -4.56. The lowest BCUT2D eigenvalue weighted by Crippen LogP contribution is -2.37. The van der Waals surface area contributed by atoms with Crippen LogP contribution in [0.15, 0.2) is 18.3 Å². The van der Waals surface area contributed by atoms with Crippen molar-refractivity contribution >= 4 is 11.9 Å². The molecule has 2 atom stereocenters. The molecule has 1 aromatic heterocycles. The second-order valence-electron chi connectivity index (χ2n) is 6.17. The number of fused-ring (bicyclic) bond motifs is 1. The van der Waals surface area contributed by atoms with Crippen molar-refractivity contribution in [1.29, 1.82) is 0 Å². The van der Waals surface area contributed by atoms with Gasteiger partial charge in [0.25, 0.3) is 5.91 Å². The first kappa shape index (κ1) is 15.8. The van der Waals surface area contributed by atoms with E-state index in [1.807, 2.05) is 0 Å². The first-order valence-electron chi connectivity index (χ1n) is 7.30. The van der Waals surface area contributed by atoms with Crippen LogP contribution in [0.25, 0.3) is 0 Å². The molecule has 124 valence electrons. The molecule has 1 amide bonds. The molecule has 2 aliphatic rings. The lowest BCUT2D eigenvalue weighted by molar-refractivity contribution is -0.149. The zero-order chi connectivity index (χ0) is 16.8. The first-order valence-corrected chi connectivity index (χ1v) is 7.30. The molecule has 0 unspecified atom stereocenters. The van der Waals surface area contributed by atoms with Gasteiger partial charge in [0.15, 0.2) is 0 Å². The Balaban J connectivity index is 1.78. The number of amides is 1. The normalized spacial score (nSPS) is 27.1. The molecule has 0 aromatic carbocycles. The lowest BCUT2D eigenvalue weighted by atomic mass is 9.81. The predicted octanol–water partition coefficient (Wildman–Crippen LogP) is 2.43. The fraction of sp³-hybridized carbons (Fsp3) is 0.533. The molecule has 23 heavy (non-hydrogen) atoms. The highest BCUT2D eigenvalue weighted by Crippen LogP contribution is 2.49. The molecule has 1 saturated carbocycles. The summed E-state index contributed by atoms with van der Waals surface area (Å²) in [6.45, 7) is 0.430. The van der Waals surface area contributed by atoms with Gasteiger partial charge < -0.3 is 10.0 Å². The summed E-state index contributed by atoms with van der Waals surface area (Å²) in [6, 6.07) is 1.84. The van der Waals surface area contributed by atoms with E-state index in [4.69, 9.17) is 0 Å². The van der Waals surface area contributed by atoms with E-state index in [1.54, 1.807) is 0 Å². The Morgan fingerprint density at radius 1 is 1.35 bits per heavy atom. The van der Waals surface area contributed by atoms with Crippen molar-refractivity contribution in [3.63, 3.8) is 0 Å². The minimum Gasteiger partial charge on any atom is -0.481 e. The average Bonchev–Trinajstić information content (AvgIpc) is 3.03. The third-order valence-electron chi connectivity index (χ3n) is 4.88. The highest BCUT2D eigenvalue weighted by atomic mass is 19.4. The van der Waals surface area contributed by atoms with Gasteiger partial charge in [-0.05, 0) is 30.9 Å². The molecule has 0 spiro atoms. The number of rotatable bonds is 2. The zero-order valence-corrected chi connectivity index (χ0v) is 12.1. The van der Waals surface area contributed by atoms with E-state index < -0.39 is 29.2 Å². The van der Waals surface area contributed by atoms with E-state index in [2.05, 4.69) is 4.98 Å². The number of aromatic nitrogens is 1. The first-order chi connectivity index (χ1) is 10.7. The van der Waals surface area contributed by atoms with Crippen molar-refractivity contribution in [2.75, 3.05) is 13.1 Å². The Kier molecular flexibility index (Phi) is 3.57. The Bertz CT molecular complexity index is 644. The highest BCUT2D eigenvalue weighted by molar-refractivity contribution is 5.95. The van der Waals surface area contributed by atoms with Gasteiger partial charge in [0.2, 0.25) is 0 Å². The van der Waals surface area contributed by atoms with Crippen molar-refractivity contribution in [3.05, 3.63) is 29.6 Å². The quantitative estimate of drug-likeness (QED) is 0.905. The van der Waals surface area contributed by atoms with Gasteiger partial charge in [-0.15, -0.1) is 0 Å². The number of hydrogen-bond acceptors (Lipinski definition) is 3. The summed E-state index contributed by atoms with van der Waals surface area (Å²) in [4.78, 5) is 28.7. The van der Waals surface area contributed by atoms with Gasteiger partial charge in [-0.1, -0.05) is 6.42 Å². The number of halogens is 3. The molecule has 1 aliphatic carbocycles. The van der Waals surface area contributed by atoms with Gasteiger partial charge in [-0.2, -0.15) is 13.2 Å². The number of hydrogen-bond donors (Lipinski definition) is 1. The number of carboxylic acids is 1. The summed E-state index contributed by atoms with van der Waals surface area (Å²) in [5.74, 6) is -1.46. The second kappa shape index (κ2) is 5.21. The second-order valence-corrected chi connectivity index (χ2v) is 6.17. The van der Waals surface area contributed by atoms with Crippen LogP contribution in [0, 0.1) is 11.3 Å². The van der Waals surface area contributed by atoms with Crippen molar-refractivity contribution in [2.24, 2.45) is 11.3 Å². The van der Waals surface area contributed by atoms with Gasteiger partial charge in [0, 0.05) is 19.3 Å². The summed E-state index contributed by atoms with van der Waals surface area (Å²) in [5.41, 5.74) is -1.93. The summed E-state index contributed by atoms with van der Waals surface area (Å²) in [7, 11) is 0. The molecule has 5 nitrogen and oxygen atoms in total. The fourth-order valence-electron chi connectivity index (χ4n) is 3.66. The van der Waals surface area contributed by atoms with Gasteiger partial charge in [0.05, 0.1) is 11.0 Å². The summed E-state index contributed by atoms with van der Waals surface area (Å²) in [5, 5.41) is 9.49. The van der Waals surface area contributed by atoms with E-state index in [0.717, 1.165) is 31.2 Å². The number of alkyl halides is 3. The van der Waals surface area contributed by atoms with Crippen LogP contribution in [0.2, 0.25) is 0 Å². The van der Waals surface area contributed by atoms with E-state index >= 15 is 0 Å². The summed E-state index contributed by atoms with van der Waals surface area (Å²) >= 11 is 0. The van der Waals surface area contributed by atoms with Crippen LogP contribution in [-0.4, -0.2) is 40.0 Å². The van der Waals surface area contributed by atoms with Crippen LogP contribution in [0.3, 0.4) is 0 Å². The van der Waals surface area contributed by atoms with Gasteiger partial charge in [-0.25, -0.2) is 0 Å². The van der Waals surface area contributed by atoms with Gasteiger partial charge in [0.1, 0.15) is 5.69 Å². The number of carbonyl (C=O) groups is 2. The number of carboxylic acid groups (broad SMARTS) is 1. The highest BCUT2D eigenvalue weighted by Gasteiger charge is 2.55. The van der Waals surface area contributed by atoms with Crippen LogP contribution in [-0.2, 0) is 11.0 Å². The van der Waals surface area contributed by atoms with Crippen LogP contribution >= 0.6 is 0 Å². The Hall–Kier alpha value is -2.12. The largest absolute Gasteiger partial charge is 0.481 e. The molecule has 0 radical (unpaired) electrons. The number of aliphatic carboxylic acids is 1. The van der Waals surface area contributed by atoms with Gasteiger partial charge in [-0.3, -0.25) is 14.6 Å². The third kappa shape index (κ3) is 2.55. The summed E-state index contributed by atoms with van der Waals surface area (Å²) < 4.78 is 37.5. The Morgan fingerprint density at radius 3 is 2.61 bits per heavy atom. The van der Waals surface area contributed by atoms with E-state index in [1.165, 1.54) is 4.90 Å². The van der Waals surface area contributed by atoms with Crippen molar-refractivity contribution in [1.82, 2.24) is 9.88 Å². The molecule has 8 heteroatoms. The van der Waals surface area contributed by atoms with Crippen LogP contribution < -0.4 is 0 Å². The van der Waals surface area contributed by atoms with E-state index in [-0.39, 0.29) is 18.0 Å². The Morgan fingerprint density at radius 2 is 2.09 bits per heavy atom. The number of nitrogens with zero attached hydrogens (tertiary/aromatic N) is 2. The maximum absolute atomic E-state index is 12.5. The molecule has 1 saturated heterocycles. The standard InChI is InChI=1S/C15H15F3N2O3/c16-15(17,18)11-4-3-9(6-19-11)12(21)20-7-10-2-1-5-14(10,8-20)13(22)23/h3-4,6,10H,1-2,5,7-8H2,(H,22,23)/t10-,14+/m0/s1. The SMILES string of the molecule is O=C(c1ccc(C(F)(F)F)nc1)N1C[C@@H]2CCC[C@@]2(C(=O)O)C1. The van der Waals surface area contributed by atoms with Gasteiger partial charge >= 0.3 is 12.1 Å². The monoisotopic (exact) mass is 328 g/mol. The predicted molar refractivity (Wildman–Crippen MR) is 72.6 cm³/mol. The number of pyridine rings is 1. The molecule has 3 rings (SSSR count). The summed E-state index contributed by atoms with van der Waals surface area (Å²) in [6.07, 6.45) is -1.56. The van der Waals surface area contributed by atoms with E-state index in [9.17, 15) is 27.9 Å². The lowest BCUT2D eigenvalue weighted by Gasteiger charge is -2.23. The van der Waals surface area contributed by atoms with Crippen LogP contribution in [0.4, 0.5) is 13.2 Å². The number of likely N-dealkylation sites (tertiary alicyclic amines) is 1. The molecule has 1 aliphatic heterocycles. The molecule has 1 aromatic rings. The third-order valence-corrected chi connectivity index (χ3v) is 4.88. The molecule has 2 heterocycles. The number of carbonyl (C=O) groups excluding carboxylic acids is 1. The zero-order valence-electron chi connectivity index (χ0n) is 12.1. The molecule has 1 N–H and O–H groups in total. The molecular formula is C15H15F3N2O3. The van der Waals surface area contributed by atoms with Crippen LogP contribution in [0.1, 0.15) is 35.3 Å². The van der Waals surface area contributed by atoms with Crippen molar-refractivity contribution in [3.8, 4) is 0 Å². The smallest absolute Gasteiger partial charge is 0.433 e. The molecular weight excluding hydrogens is 313 g/mol.